The van der Waals surface area contributed by atoms with E-state index >= 15 is 0 Å². The van der Waals surface area contributed by atoms with Gasteiger partial charge in [-0.3, -0.25) is 24.2 Å². The average Bonchev–Trinajstić information content (AvgIpc) is 3.51. The molecule has 0 bridgehead atoms. The van der Waals surface area contributed by atoms with E-state index in [-0.39, 0.29) is 32.3 Å². The Hall–Kier alpha value is -4.55. The highest BCUT2D eigenvalue weighted by molar-refractivity contribution is 5.92. The third-order valence-corrected chi connectivity index (χ3v) is 7.49. The van der Waals surface area contributed by atoms with Gasteiger partial charge >= 0.3 is 0 Å². The van der Waals surface area contributed by atoms with Crippen molar-refractivity contribution in [1.82, 2.24) is 25.8 Å². The van der Waals surface area contributed by atoms with Crippen molar-refractivity contribution in [2.45, 2.75) is 70.8 Å². The number of nitrogens with one attached hydrogen (secondary N) is 3. The van der Waals surface area contributed by atoms with Gasteiger partial charge in [0.2, 0.25) is 11.8 Å². The predicted molar refractivity (Wildman–Crippen MR) is 171 cm³/mol. The first-order valence-corrected chi connectivity index (χ1v) is 15.3. The average molecular weight is 634 g/mol. The summed E-state index contributed by atoms with van der Waals surface area (Å²) < 4.78 is 11.2. The van der Waals surface area contributed by atoms with Gasteiger partial charge in [0.15, 0.2) is 12.7 Å². The fraction of sp³-hybridized carbons (Fsp3) is 0.441. The second kappa shape index (κ2) is 15.2. The van der Waals surface area contributed by atoms with Gasteiger partial charge in [0.25, 0.3) is 11.8 Å². The van der Waals surface area contributed by atoms with Crippen molar-refractivity contribution in [2.24, 2.45) is 5.92 Å². The molecule has 1 saturated heterocycles. The summed E-state index contributed by atoms with van der Waals surface area (Å²) in [5.41, 5.74) is 0.230. The van der Waals surface area contributed by atoms with Gasteiger partial charge in [-0.05, 0) is 50.8 Å². The van der Waals surface area contributed by atoms with Crippen LogP contribution in [0.3, 0.4) is 0 Å². The van der Waals surface area contributed by atoms with Crippen molar-refractivity contribution in [2.75, 3.05) is 19.9 Å². The number of ether oxygens (including phenoxy) is 2. The summed E-state index contributed by atoms with van der Waals surface area (Å²) in [6.07, 6.45) is 1.75. The van der Waals surface area contributed by atoms with E-state index in [0.717, 1.165) is 16.3 Å². The molecule has 1 aromatic heterocycles. The van der Waals surface area contributed by atoms with E-state index in [4.69, 9.17) is 9.47 Å². The molecule has 0 spiro atoms. The highest BCUT2D eigenvalue weighted by Gasteiger charge is 2.41. The van der Waals surface area contributed by atoms with Crippen LogP contribution in [0.25, 0.3) is 10.8 Å². The molecule has 0 aliphatic carbocycles. The number of pyridine rings is 1. The van der Waals surface area contributed by atoms with Crippen molar-refractivity contribution in [3.8, 4) is 5.75 Å². The minimum atomic E-state index is -1.71. The summed E-state index contributed by atoms with van der Waals surface area (Å²) in [6, 6.07) is 13.3. The number of nitrogens with zero attached hydrogens (tertiary/aromatic N) is 2. The molecule has 46 heavy (non-hydrogen) atoms. The molecular formula is C34H43N5O7. The van der Waals surface area contributed by atoms with Crippen LogP contribution in [0, 0.1) is 5.92 Å². The highest BCUT2D eigenvalue weighted by atomic mass is 16.5. The Kier molecular flexibility index (Phi) is 11.3. The van der Waals surface area contributed by atoms with E-state index in [9.17, 15) is 24.3 Å². The number of aliphatic hydroxyl groups is 1. The molecule has 1 aliphatic heterocycles. The molecule has 0 radical (unpaired) electrons. The molecule has 1 aliphatic rings. The second-order valence-electron chi connectivity index (χ2n) is 12.7. The lowest BCUT2D eigenvalue weighted by molar-refractivity contribution is -0.148. The molecule has 4 amide bonds. The van der Waals surface area contributed by atoms with E-state index in [0.29, 0.717) is 5.75 Å². The van der Waals surface area contributed by atoms with Crippen molar-refractivity contribution in [1.29, 1.82) is 0 Å². The maximum atomic E-state index is 13.6. The van der Waals surface area contributed by atoms with Gasteiger partial charge in [0.1, 0.15) is 24.6 Å². The number of hydrogen-bond acceptors (Lipinski definition) is 8. The third-order valence-electron chi connectivity index (χ3n) is 7.49. The Morgan fingerprint density at radius 1 is 1.04 bits per heavy atom. The Balaban J connectivity index is 1.47. The normalized spacial score (nSPS) is 16.8. The molecule has 246 valence electrons. The van der Waals surface area contributed by atoms with Gasteiger partial charge in [-0.1, -0.05) is 56.3 Å². The van der Waals surface area contributed by atoms with Crippen molar-refractivity contribution < 1.29 is 33.8 Å². The molecule has 0 saturated carbocycles. The summed E-state index contributed by atoms with van der Waals surface area (Å²) in [5, 5.41) is 21.4. The predicted octanol–water partition coefficient (Wildman–Crippen LogP) is 1.94. The summed E-state index contributed by atoms with van der Waals surface area (Å²) in [7, 11) is 0. The van der Waals surface area contributed by atoms with Crippen molar-refractivity contribution >= 4 is 34.4 Å². The van der Waals surface area contributed by atoms with Crippen LogP contribution in [0.2, 0.25) is 0 Å². The zero-order chi connectivity index (χ0) is 33.4. The lowest BCUT2D eigenvalue weighted by atomic mass is 9.97. The number of aliphatic hydroxyl groups excluding tert-OH is 1. The number of benzene rings is 2. The monoisotopic (exact) mass is 633 g/mol. The smallest absolute Gasteiger partial charge is 0.258 e. The van der Waals surface area contributed by atoms with Crippen LogP contribution in [0.15, 0.2) is 67.0 Å². The van der Waals surface area contributed by atoms with E-state index < -0.39 is 53.4 Å². The topological polar surface area (TPSA) is 159 Å². The number of carbonyl (C=O) groups excluding carboxylic acids is 4. The minimum absolute atomic E-state index is 0.0186. The molecule has 2 aromatic carbocycles. The third kappa shape index (κ3) is 9.01. The maximum absolute atomic E-state index is 13.6. The van der Waals surface area contributed by atoms with Gasteiger partial charge in [-0.25, -0.2) is 0 Å². The molecule has 4 N–H and O–H groups in total. The lowest BCUT2D eigenvalue weighted by Gasteiger charge is -2.32. The number of rotatable bonds is 12. The van der Waals surface area contributed by atoms with Crippen LogP contribution >= 0.6 is 0 Å². The molecule has 4 atom stereocenters. The largest absolute Gasteiger partial charge is 0.483 e. The number of aromatic nitrogens is 1. The number of hydrogen-bond donors (Lipinski definition) is 4. The lowest BCUT2D eigenvalue weighted by Crippen LogP contribution is -2.60. The summed E-state index contributed by atoms with van der Waals surface area (Å²) in [4.78, 5) is 58.4. The Morgan fingerprint density at radius 2 is 1.78 bits per heavy atom. The Morgan fingerprint density at radius 3 is 2.48 bits per heavy atom. The van der Waals surface area contributed by atoms with Gasteiger partial charge in [-0.15, -0.1) is 0 Å². The number of fused-ring (bicyclic) bond motifs is 1. The molecule has 2 heterocycles. The highest BCUT2D eigenvalue weighted by Crippen LogP contribution is 2.24. The molecule has 12 heteroatoms. The van der Waals surface area contributed by atoms with E-state index in [1.165, 1.54) is 4.90 Å². The van der Waals surface area contributed by atoms with Crippen molar-refractivity contribution in [3.63, 3.8) is 0 Å². The van der Waals surface area contributed by atoms with E-state index in [1.807, 2.05) is 57.2 Å². The molecule has 12 nitrogen and oxygen atoms in total. The van der Waals surface area contributed by atoms with Crippen molar-refractivity contribution in [3.05, 3.63) is 72.6 Å². The summed E-state index contributed by atoms with van der Waals surface area (Å²) >= 11 is 0. The summed E-state index contributed by atoms with van der Waals surface area (Å²) in [6.45, 7) is 8.49. The zero-order valence-electron chi connectivity index (χ0n) is 26.9. The Bertz CT molecular complexity index is 1520. The Labute approximate surface area is 268 Å². The molecule has 0 unspecified atom stereocenters. The quantitative estimate of drug-likeness (QED) is 0.236. The number of carbonyl (C=O) groups is 4. The fourth-order valence-corrected chi connectivity index (χ4v) is 5.17. The molecule has 4 rings (SSSR count). The second-order valence-corrected chi connectivity index (χ2v) is 12.7. The first kappa shape index (κ1) is 34.3. The first-order valence-electron chi connectivity index (χ1n) is 15.3. The van der Waals surface area contributed by atoms with E-state index in [1.54, 1.807) is 44.4 Å². The van der Waals surface area contributed by atoms with Crippen LogP contribution in [0.5, 0.6) is 5.75 Å². The zero-order valence-corrected chi connectivity index (χ0v) is 26.9. The van der Waals surface area contributed by atoms with Crippen LogP contribution in [0.1, 0.15) is 40.2 Å². The number of amides is 4. The van der Waals surface area contributed by atoms with Gasteiger partial charge in [0.05, 0.1) is 12.6 Å². The minimum Gasteiger partial charge on any atom is -0.483 e. The summed E-state index contributed by atoms with van der Waals surface area (Å²) in [5.74, 6) is -2.08. The van der Waals surface area contributed by atoms with Crippen LogP contribution in [-0.2, 0) is 30.3 Å². The molecule has 3 aromatic rings. The van der Waals surface area contributed by atoms with Gasteiger partial charge in [-0.2, -0.15) is 0 Å². The molecule has 1 fully saturated rings. The van der Waals surface area contributed by atoms with Crippen LogP contribution < -0.4 is 20.7 Å². The maximum Gasteiger partial charge on any atom is 0.258 e. The fourth-order valence-electron chi connectivity index (χ4n) is 5.17. The van der Waals surface area contributed by atoms with Gasteiger partial charge < -0.3 is 35.4 Å². The van der Waals surface area contributed by atoms with E-state index in [2.05, 4.69) is 20.9 Å². The standard InChI is InChI=1S/C34H43N5O7/c1-21(2)29(37-28(40)19-46-27-13-9-12-23-17-35-15-14-24(23)27)32(43)36-25(16-22-10-7-6-8-11-22)30(41)33(44)39-20-45-18-26(39)31(42)38-34(3,4)5/h6-15,17,21,25-26,29-30,41H,16,18-20H2,1-5H3,(H,36,43)(H,37,40)(H,38,42)/t25-,26-,29-,30-/m0/s1. The molecular weight excluding hydrogens is 590 g/mol. The van der Waals surface area contributed by atoms with Crippen LogP contribution in [0.4, 0.5) is 0 Å². The van der Waals surface area contributed by atoms with Gasteiger partial charge in [0, 0.05) is 28.7 Å². The van der Waals surface area contributed by atoms with Crippen LogP contribution in [-0.4, -0.2) is 88.3 Å². The first-order chi connectivity index (χ1) is 21.8. The SMILES string of the molecule is CC(C)[C@H](NC(=O)COc1cccc2cnccc12)C(=O)N[C@@H](Cc1ccccc1)[C@H](O)C(=O)N1COC[C@H]1C(=O)NC(C)(C)C.